The Kier molecular flexibility index (Phi) is 2.83. The van der Waals surface area contributed by atoms with E-state index in [0.29, 0.717) is 16.6 Å². The molecular formula is C11H12BrFO2. The zero-order valence-corrected chi connectivity index (χ0v) is 10.2. The lowest BCUT2D eigenvalue weighted by Crippen LogP contribution is -2.19. The van der Waals surface area contributed by atoms with Crippen LogP contribution in [-0.4, -0.2) is 12.4 Å². The fourth-order valence-corrected chi connectivity index (χ4v) is 1.99. The van der Waals surface area contributed by atoms with E-state index in [-0.39, 0.29) is 11.9 Å². The third-order valence-electron chi connectivity index (χ3n) is 2.34. The highest BCUT2D eigenvalue weighted by Gasteiger charge is 2.35. The molecule has 0 aliphatic carbocycles. The number of rotatable bonds is 1. The van der Waals surface area contributed by atoms with Crippen LogP contribution in [0.15, 0.2) is 22.7 Å². The maximum absolute atomic E-state index is 13.7. The fourth-order valence-electron chi connectivity index (χ4n) is 1.61. The number of hydrogen-bond acceptors (Lipinski definition) is 2. The Morgan fingerprint density at radius 1 is 1.47 bits per heavy atom. The van der Waals surface area contributed by atoms with Gasteiger partial charge in [0.2, 0.25) is 0 Å². The van der Waals surface area contributed by atoms with Crippen LogP contribution in [0.25, 0.3) is 0 Å². The second kappa shape index (κ2) is 3.85. The van der Waals surface area contributed by atoms with Crippen LogP contribution in [0.3, 0.4) is 0 Å². The summed E-state index contributed by atoms with van der Waals surface area (Å²) in [7, 11) is 0. The summed E-state index contributed by atoms with van der Waals surface area (Å²) < 4.78 is 25.2. The molecule has 0 spiro atoms. The van der Waals surface area contributed by atoms with Crippen LogP contribution in [-0.2, 0) is 9.47 Å². The molecule has 1 unspecified atom stereocenters. The molecule has 0 bridgehead atoms. The van der Waals surface area contributed by atoms with Crippen molar-refractivity contribution in [2.24, 2.45) is 0 Å². The highest BCUT2D eigenvalue weighted by Crippen LogP contribution is 2.35. The molecule has 2 nitrogen and oxygen atoms in total. The normalized spacial score (nSPS) is 24.4. The molecule has 0 amide bonds. The summed E-state index contributed by atoms with van der Waals surface area (Å²) >= 11 is 3.15. The predicted octanol–water partition coefficient (Wildman–Crippen LogP) is 3.41. The third-order valence-corrected chi connectivity index (χ3v) is 2.95. The van der Waals surface area contributed by atoms with Crippen LogP contribution >= 0.6 is 15.9 Å². The number of halogens is 2. The van der Waals surface area contributed by atoms with E-state index in [9.17, 15) is 4.39 Å². The van der Waals surface area contributed by atoms with Crippen LogP contribution in [0.4, 0.5) is 4.39 Å². The van der Waals surface area contributed by atoms with E-state index in [4.69, 9.17) is 9.47 Å². The van der Waals surface area contributed by atoms with Gasteiger partial charge in [-0.2, -0.15) is 0 Å². The maximum Gasteiger partial charge on any atom is 0.163 e. The van der Waals surface area contributed by atoms with Crippen LogP contribution < -0.4 is 0 Å². The lowest BCUT2D eigenvalue weighted by atomic mass is 10.1. The fraction of sp³-hybridized carbons (Fsp3) is 0.455. The lowest BCUT2D eigenvalue weighted by Gasteiger charge is -2.17. The van der Waals surface area contributed by atoms with Crippen LogP contribution in [0, 0.1) is 5.82 Å². The zero-order chi connectivity index (χ0) is 11.1. The Hall–Kier alpha value is -0.450. The molecular weight excluding hydrogens is 263 g/mol. The van der Waals surface area contributed by atoms with Crippen LogP contribution in [0.5, 0.6) is 0 Å². The first-order valence-corrected chi connectivity index (χ1v) is 5.54. The van der Waals surface area contributed by atoms with E-state index in [1.807, 2.05) is 13.8 Å². The number of hydrogen-bond donors (Lipinski definition) is 0. The molecule has 1 aromatic rings. The molecule has 1 aliphatic heterocycles. The molecule has 1 fully saturated rings. The van der Waals surface area contributed by atoms with Crippen molar-refractivity contribution in [2.45, 2.75) is 25.7 Å². The Bertz CT molecular complexity index is 379. The summed E-state index contributed by atoms with van der Waals surface area (Å²) in [6, 6.07) is 5.17. The van der Waals surface area contributed by atoms with Gasteiger partial charge in [-0.25, -0.2) is 4.39 Å². The van der Waals surface area contributed by atoms with Gasteiger partial charge in [0.15, 0.2) is 5.79 Å². The Balaban J connectivity index is 2.28. The molecule has 1 aliphatic rings. The third kappa shape index (κ3) is 2.22. The van der Waals surface area contributed by atoms with E-state index < -0.39 is 5.79 Å². The second-order valence-electron chi connectivity index (χ2n) is 3.96. The highest BCUT2D eigenvalue weighted by atomic mass is 79.9. The molecule has 4 heteroatoms. The molecule has 1 atom stereocenters. The van der Waals surface area contributed by atoms with Gasteiger partial charge in [0.25, 0.3) is 0 Å². The van der Waals surface area contributed by atoms with Gasteiger partial charge in [-0.15, -0.1) is 0 Å². The van der Waals surface area contributed by atoms with Crippen molar-refractivity contribution in [3.63, 3.8) is 0 Å². The minimum Gasteiger partial charge on any atom is -0.347 e. The topological polar surface area (TPSA) is 18.5 Å². The molecule has 2 rings (SSSR count). The molecule has 0 saturated carbocycles. The van der Waals surface area contributed by atoms with Gasteiger partial charge in [0.1, 0.15) is 11.9 Å². The molecule has 1 aromatic carbocycles. The van der Waals surface area contributed by atoms with E-state index in [0.717, 1.165) is 0 Å². The lowest BCUT2D eigenvalue weighted by molar-refractivity contribution is -0.139. The smallest absolute Gasteiger partial charge is 0.163 e. The van der Waals surface area contributed by atoms with Crippen molar-refractivity contribution in [3.05, 3.63) is 34.1 Å². The highest BCUT2D eigenvalue weighted by molar-refractivity contribution is 9.10. The maximum atomic E-state index is 13.7. The summed E-state index contributed by atoms with van der Waals surface area (Å²) in [6.07, 6.45) is -0.322. The number of benzene rings is 1. The molecule has 0 aromatic heterocycles. The van der Waals surface area contributed by atoms with E-state index >= 15 is 0 Å². The molecule has 1 heterocycles. The van der Waals surface area contributed by atoms with Gasteiger partial charge >= 0.3 is 0 Å². The molecule has 0 N–H and O–H groups in total. The van der Waals surface area contributed by atoms with Crippen LogP contribution in [0.2, 0.25) is 0 Å². The van der Waals surface area contributed by atoms with Crippen LogP contribution in [0.1, 0.15) is 25.5 Å². The van der Waals surface area contributed by atoms with Crippen molar-refractivity contribution in [2.75, 3.05) is 6.61 Å². The zero-order valence-electron chi connectivity index (χ0n) is 8.59. The van der Waals surface area contributed by atoms with Gasteiger partial charge in [0.05, 0.1) is 11.1 Å². The molecule has 1 saturated heterocycles. The SMILES string of the molecule is CC1(C)OCC(c2cccc(Br)c2F)O1. The van der Waals surface area contributed by atoms with E-state index in [1.54, 1.807) is 18.2 Å². The van der Waals surface area contributed by atoms with Gasteiger partial charge < -0.3 is 9.47 Å². The first-order valence-electron chi connectivity index (χ1n) is 4.75. The summed E-state index contributed by atoms with van der Waals surface area (Å²) in [4.78, 5) is 0. The van der Waals surface area contributed by atoms with Crippen molar-refractivity contribution in [3.8, 4) is 0 Å². The molecule has 82 valence electrons. The number of ether oxygens (including phenoxy) is 2. The van der Waals surface area contributed by atoms with Gasteiger partial charge in [0, 0.05) is 5.56 Å². The average molecular weight is 275 g/mol. The first kappa shape index (κ1) is 11.0. The minimum atomic E-state index is -0.626. The van der Waals surface area contributed by atoms with Crippen molar-refractivity contribution < 1.29 is 13.9 Å². The average Bonchev–Trinajstić information content (AvgIpc) is 2.51. The minimum absolute atomic E-state index is 0.274. The molecule has 15 heavy (non-hydrogen) atoms. The Morgan fingerprint density at radius 2 is 2.20 bits per heavy atom. The monoisotopic (exact) mass is 274 g/mol. The van der Waals surface area contributed by atoms with E-state index in [2.05, 4.69) is 15.9 Å². The summed E-state index contributed by atoms with van der Waals surface area (Å²) in [6.45, 7) is 4.03. The van der Waals surface area contributed by atoms with Gasteiger partial charge in [-0.1, -0.05) is 12.1 Å². The molecule has 0 radical (unpaired) electrons. The van der Waals surface area contributed by atoms with Crippen molar-refractivity contribution in [1.29, 1.82) is 0 Å². The summed E-state index contributed by atoms with van der Waals surface area (Å²) in [5.74, 6) is -0.900. The van der Waals surface area contributed by atoms with Crippen molar-refractivity contribution in [1.82, 2.24) is 0 Å². The Labute approximate surface area is 96.5 Å². The van der Waals surface area contributed by atoms with Crippen molar-refractivity contribution >= 4 is 15.9 Å². The standard InChI is InChI=1S/C11H12BrFO2/c1-11(2)14-6-9(15-11)7-4-3-5-8(12)10(7)13/h3-5,9H,6H2,1-2H3. The largest absolute Gasteiger partial charge is 0.347 e. The quantitative estimate of drug-likeness (QED) is 0.782. The summed E-state index contributed by atoms with van der Waals surface area (Å²) in [5, 5.41) is 0. The van der Waals surface area contributed by atoms with Gasteiger partial charge in [-0.3, -0.25) is 0 Å². The second-order valence-corrected chi connectivity index (χ2v) is 4.81. The first-order chi connectivity index (χ1) is 6.99. The van der Waals surface area contributed by atoms with Gasteiger partial charge in [-0.05, 0) is 35.8 Å². The summed E-state index contributed by atoms with van der Waals surface area (Å²) in [5.41, 5.74) is 0.537. The van der Waals surface area contributed by atoms with E-state index in [1.165, 1.54) is 0 Å². The predicted molar refractivity (Wildman–Crippen MR) is 58.0 cm³/mol. The Morgan fingerprint density at radius 3 is 2.80 bits per heavy atom.